The SMILES string of the molecule is Nc1ncnc2c1c(-c1ccc(Oc3ccccc3)cc1)nn2Cc1ccc(CC(=O)NO)cc1. The molecule has 174 valence electrons. The number of carbonyl (C=O) groups is 1. The topological polar surface area (TPSA) is 128 Å². The molecular weight excluding hydrogens is 444 g/mol. The van der Waals surface area contributed by atoms with Crippen LogP contribution in [0.25, 0.3) is 22.3 Å². The summed E-state index contributed by atoms with van der Waals surface area (Å²) < 4.78 is 7.68. The minimum Gasteiger partial charge on any atom is -0.457 e. The fraction of sp³-hybridized carbons (Fsp3) is 0.0769. The van der Waals surface area contributed by atoms with Crippen molar-refractivity contribution in [1.29, 1.82) is 0 Å². The molecule has 0 aliphatic heterocycles. The molecule has 9 nitrogen and oxygen atoms in total. The Hall–Kier alpha value is -4.76. The molecule has 0 fully saturated rings. The minimum atomic E-state index is -0.465. The fourth-order valence-corrected chi connectivity index (χ4v) is 3.81. The van der Waals surface area contributed by atoms with Crippen LogP contribution in [0.4, 0.5) is 5.82 Å². The Kier molecular flexibility index (Phi) is 6.06. The maximum absolute atomic E-state index is 11.4. The highest BCUT2D eigenvalue weighted by molar-refractivity contribution is 5.98. The lowest BCUT2D eigenvalue weighted by atomic mass is 10.1. The van der Waals surface area contributed by atoms with Crippen molar-refractivity contribution in [2.45, 2.75) is 13.0 Å². The number of rotatable bonds is 7. The molecule has 0 aliphatic rings. The van der Waals surface area contributed by atoms with Crippen molar-refractivity contribution < 1.29 is 14.7 Å². The van der Waals surface area contributed by atoms with E-state index in [0.717, 1.165) is 22.4 Å². The van der Waals surface area contributed by atoms with Gasteiger partial charge in [-0.2, -0.15) is 5.10 Å². The Morgan fingerprint density at radius 3 is 2.31 bits per heavy atom. The average Bonchev–Trinajstić information content (AvgIpc) is 3.26. The molecule has 0 atom stereocenters. The normalized spacial score (nSPS) is 10.9. The van der Waals surface area contributed by atoms with E-state index in [-0.39, 0.29) is 6.42 Å². The van der Waals surface area contributed by atoms with Crippen LogP contribution in [0.5, 0.6) is 11.5 Å². The molecule has 0 radical (unpaired) electrons. The van der Waals surface area contributed by atoms with Crippen LogP contribution in [0.2, 0.25) is 0 Å². The molecule has 5 rings (SSSR count). The van der Waals surface area contributed by atoms with Crippen LogP contribution in [-0.4, -0.2) is 30.9 Å². The van der Waals surface area contributed by atoms with E-state index < -0.39 is 5.91 Å². The van der Waals surface area contributed by atoms with Crippen molar-refractivity contribution in [3.63, 3.8) is 0 Å². The number of hydroxylamine groups is 1. The maximum Gasteiger partial charge on any atom is 0.247 e. The fourth-order valence-electron chi connectivity index (χ4n) is 3.81. The number of hydrogen-bond acceptors (Lipinski definition) is 7. The zero-order valence-corrected chi connectivity index (χ0v) is 18.6. The van der Waals surface area contributed by atoms with Crippen molar-refractivity contribution in [2.24, 2.45) is 0 Å². The second-order valence-electron chi connectivity index (χ2n) is 7.93. The molecule has 0 spiro atoms. The number of benzene rings is 3. The number of ether oxygens (including phenoxy) is 1. The first-order valence-electron chi connectivity index (χ1n) is 10.9. The van der Waals surface area contributed by atoms with Gasteiger partial charge in [0.1, 0.15) is 29.3 Å². The van der Waals surface area contributed by atoms with Crippen molar-refractivity contribution in [3.8, 4) is 22.8 Å². The number of anilines is 1. The zero-order chi connectivity index (χ0) is 24.2. The number of nitrogen functional groups attached to an aromatic ring is 1. The van der Waals surface area contributed by atoms with E-state index in [0.29, 0.717) is 34.8 Å². The number of para-hydroxylation sites is 1. The third-order valence-electron chi connectivity index (χ3n) is 5.51. The summed E-state index contributed by atoms with van der Waals surface area (Å²) in [6.07, 6.45) is 1.52. The highest BCUT2D eigenvalue weighted by atomic mass is 16.5. The summed E-state index contributed by atoms with van der Waals surface area (Å²) in [7, 11) is 0. The van der Waals surface area contributed by atoms with Gasteiger partial charge < -0.3 is 10.5 Å². The average molecular weight is 467 g/mol. The monoisotopic (exact) mass is 466 g/mol. The quantitative estimate of drug-likeness (QED) is 0.245. The van der Waals surface area contributed by atoms with E-state index in [9.17, 15) is 4.79 Å². The molecule has 35 heavy (non-hydrogen) atoms. The van der Waals surface area contributed by atoms with Crippen LogP contribution in [0.1, 0.15) is 11.1 Å². The first kappa shape index (κ1) is 22.1. The van der Waals surface area contributed by atoms with E-state index in [2.05, 4.69) is 9.97 Å². The predicted octanol–water partition coefficient (Wildman–Crippen LogP) is 3.96. The number of fused-ring (bicyclic) bond motifs is 1. The number of nitrogens with zero attached hydrogens (tertiary/aromatic N) is 4. The van der Waals surface area contributed by atoms with E-state index in [1.54, 1.807) is 10.2 Å². The lowest BCUT2D eigenvalue weighted by Crippen LogP contribution is -2.20. The molecule has 1 amide bonds. The highest BCUT2D eigenvalue weighted by Gasteiger charge is 2.17. The van der Waals surface area contributed by atoms with Crippen LogP contribution < -0.4 is 16.0 Å². The molecule has 0 bridgehead atoms. The van der Waals surface area contributed by atoms with Gasteiger partial charge in [0.15, 0.2) is 5.65 Å². The molecule has 2 heterocycles. The second-order valence-corrected chi connectivity index (χ2v) is 7.93. The molecule has 0 aliphatic carbocycles. The maximum atomic E-state index is 11.4. The van der Waals surface area contributed by atoms with E-state index >= 15 is 0 Å². The van der Waals surface area contributed by atoms with E-state index in [4.69, 9.17) is 20.8 Å². The molecule has 5 aromatic rings. The number of nitrogens with two attached hydrogens (primary N) is 1. The number of carbonyl (C=O) groups excluding carboxylic acids is 1. The van der Waals surface area contributed by atoms with Crippen LogP contribution in [0, 0.1) is 0 Å². The number of hydrogen-bond donors (Lipinski definition) is 3. The van der Waals surface area contributed by atoms with Gasteiger partial charge in [0.2, 0.25) is 5.91 Å². The van der Waals surface area contributed by atoms with Crippen LogP contribution in [0.15, 0.2) is 85.2 Å². The van der Waals surface area contributed by atoms with Crippen LogP contribution in [0.3, 0.4) is 0 Å². The molecule has 0 saturated heterocycles. The van der Waals surface area contributed by atoms with Crippen molar-refractivity contribution in [1.82, 2.24) is 25.2 Å². The molecule has 0 saturated carbocycles. The van der Waals surface area contributed by atoms with Gasteiger partial charge in [0.25, 0.3) is 0 Å². The molecule has 3 aromatic carbocycles. The molecule has 0 unspecified atom stereocenters. The Morgan fingerprint density at radius 2 is 1.60 bits per heavy atom. The summed E-state index contributed by atoms with van der Waals surface area (Å²) in [6, 6.07) is 24.7. The summed E-state index contributed by atoms with van der Waals surface area (Å²) in [6.45, 7) is 0.453. The van der Waals surface area contributed by atoms with Crippen LogP contribution >= 0.6 is 0 Å². The predicted molar refractivity (Wildman–Crippen MR) is 131 cm³/mol. The third-order valence-corrected chi connectivity index (χ3v) is 5.51. The largest absolute Gasteiger partial charge is 0.457 e. The van der Waals surface area contributed by atoms with Gasteiger partial charge in [-0.15, -0.1) is 0 Å². The zero-order valence-electron chi connectivity index (χ0n) is 18.6. The van der Waals surface area contributed by atoms with Gasteiger partial charge in [-0.25, -0.2) is 20.1 Å². The highest BCUT2D eigenvalue weighted by Crippen LogP contribution is 2.32. The van der Waals surface area contributed by atoms with Gasteiger partial charge in [0, 0.05) is 5.56 Å². The van der Waals surface area contributed by atoms with Crippen molar-refractivity contribution >= 4 is 22.8 Å². The summed E-state index contributed by atoms with van der Waals surface area (Å²) in [4.78, 5) is 20.0. The number of amides is 1. The standard InChI is InChI=1S/C26H22N6O3/c27-25-23-24(19-10-12-21(13-11-19)35-20-4-2-1-3-5-20)30-32(26(23)29-16-28-25)15-18-8-6-17(7-9-18)14-22(33)31-34/h1-13,16,34H,14-15H2,(H,31,33)(H2,27,28,29). The van der Waals surface area contributed by atoms with Gasteiger partial charge in [0.05, 0.1) is 18.4 Å². The first-order valence-corrected chi connectivity index (χ1v) is 10.9. The number of aromatic nitrogens is 4. The van der Waals surface area contributed by atoms with Gasteiger partial charge in [-0.1, -0.05) is 42.5 Å². The summed E-state index contributed by atoms with van der Waals surface area (Å²) in [5.74, 6) is 1.36. The summed E-state index contributed by atoms with van der Waals surface area (Å²) in [5.41, 5.74) is 11.8. The Bertz CT molecular complexity index is 1470. The molecular formula is C26H22N6O3. The molecule has 9 heteroatoms. The van der Waals surface area contributed by atoms with Crippen molar-refractivity contribution in [2.75, 3.05) is 5.73 Å². The Balaban J connectivity index is 1.44. The molecule has 2 aromatic heterocycles. The lowest BCUT2D eigenvalue weighted by Gasteiger charge is -2.06. The number of nitrogens with one attached hydrogen (secondary N) is 1. The summed E-state index contributed by atoms with van der Waals surface area (Å²) in [5, 5.41) is 14.2. The lowest BCUT2D eigenvalue weighted by molar-refractivity contribution is -0.128. The Labute approximate surface area is 200 Å². The first-order chi connectivity index (χ1) is 17.1. The van der Waals surface area contributed by atoms with Gasteiger partial charge in [-0.05, 0) is 47.5 Å². The Morgan fingerprint density at radius 1 is 0.914 bits per heavy atom. The van der Waals surface area contributed by atoms with E-state index in [1.807, 2.05) is 78.9 Å². The second kappa shape index (κ2) is 9.62. The van der Waals surface area contributed by atoms with E-state index in [1.165, 1.54) is 6.33 Å². The van der Waals surface area contributed by atoms with Crippen LogP contribution in [-0.2, 0) is 17.8 Å². The minimum absolute atomic E-state index is 0.0966. The smallest absolute Gasteiger partial charge is 0.247 e. The molecule has 4 N–H and O–H groups in total. The van der Waals surface area contributed by atoms with Gasteiger partial charge in [-0.3, -0.25) is 10.0 Å². The van der Waals surface area contributed by atoms with Crippen molar-refractivity contribution in [3.05, 3.63) is 96.3 Å². The summed E-state index contributed by atoms with van der Waals surface area (Å²) >= 11 is 0. The third kappa shape index (κ3) is 4.80. The van der Waals surface area contributed by atoms with Gasteiger partial charge >= 0.3 is 0 Å².